The number of aromatic nitrogens is 2. The first-order valence-electron chi connectivity index (χ1n) is 14.1. The minimum absolute atomic E-state index is 0.0548. The molecule has 220 valence electrons. The average Bonchev–Trinajstić information content (AvgIpc) is 3.63. The van der Waals surface area contributed by atoms with Gasteiger partial charge in [-0.3, -0.25) is 18.8 Å². The molecule has 6 N–H and O–H groups in total. The molecular formula is C34H29N5O5. The van der Waals surface area contributed by atoms with Crippen molar-refractivity contribution in [1.82, 2.24) is 14.3 Å². The van der Waals surface area contributed by atoms with E-state index in [1.165, 1.54) is 4.90 Å². The van der Waals surface area contributed by atoms with E-state index < -0.39 is 34.8 Å². The predicted molar refractivity (Wildman–Crippen MR) is 163 cm³/mol. The van der Waals surface area contributed by atoms with Gasteiger partial charge in [0.15, 0.2) is 11.4 Å². The van der Waals surface area contributed by atoms with E-state index in [1.54, 1.807) is 41.9 Å². The van der Waals surface area contributed by atoms with Crippen molar-refractivity contribution in [2.45, 2.75) is 36.5 Å². The molecular weight excluding hydrogens is 558 g/mol. The third-order valence-corrected chi connectivity index (χ3v) is 8.09. The summed E-state index contributed by atoms with van der Waals surface area (Å²) in [6, 6.07) is 17.5. The smallest absolute Gasteiger partial charge is 0.285 e. The van der Waals surface area contributed by atoms with Gasteiger partial charge in [0.2, 0.25) is 11.4 Å². The number of rotatable bonds is 3. The third-order valence-electron chi connectivity index (χ3n) is 8.09. The highest BCUT2D eigenvalue weighted by Gasteiger charge is 2.44. The van der Waals surface area contributed by atoms with Crippen molar-refractivity contribution >= 4 is 23.1 Å². The van der Waals surface area contributed by atoms with Gasteiger partial charge in [0.1, 0.15) is 0 Å². The molecule has 0 spiro atoms. The van der Waals surface area contributed by atoms with Gasteiger partial charge in [-0.15, -0.1) is 0 Å². The van der Waals surface area contributed by atoms with E-state index in [2.05, 4.69) is 28.7 Å². The van der Waals surface area contributed by atoms with Crippen LogP contribution in [0.25, 0.3) is 27.9 Å². The molecule has 2 fully saturated rings. The number of primary amides is 1. The van der Waals surface area contributed by atoms with Crippen LogP contribution in [0.3, 0.4) is 0 Å². The largest absolute Gasteiger partial charge is 0.371 e. The Morgan fingerprint density at radius 2 is 1.57 bits per heavy atom. The number of amides is 2. The summed E-state index contributed by atoms with van der Waals surface area (Å²) in [7, 11) is 1.62. The number of imidazole rings is 1. The van der Waals surface area contributed by atoms with Gasteiger partial charge < -0.3 is 26.6 Å². The number of likely N-dealkylation sites (tertiary alicyclic amines) is 1. The molecule has 44 heavy (non-hydrogen) atoms. The molecule has 2 aromatic carbocycles. The average molecular weight is 588 g/mol. The molecule has 1 aliphatic carbocycles. The minimum Gasteiger partial charge on any atom is -0.371 e. The number of pyridine rings is 1. The Bertz CT molecular complexity index is 1990. The number of Topliss-reactive ketones (excluding diaryl/α,β-unsaturated/α-hetero) is 1. The summed E-state index contributed by atoms with van der Waals surface area (Å²) < 4.78 is 1.61. The molecule has 4 aromatic rings. The zero-order chi connectivity index (χ0) is 31.2. The van der Waals surface area contributed by atoms with E-state index in [9.17, 15) is 24.6 Å². The van der Waals surface area contributed by atoms with Crippen molar-refractivity contribution in [2.24, 2.45) is 11.5 Å². The van der Waals surface area contributed by atoms with E-state index in [4.69, 9.17) is 11.5 Å². The molecule has 10 nitrogen and oxygen atoms in total. The van der Waals surface area contributed by atoms with Gasteiger partial charge in [0.05, 0.1) is 17.3 Å². The number of nitrogens with zero attached hydrogens (tertiary/aromatic N) is 3. The van der Waals surface area contributed by atoms with Crippen LogP contribution in [0.5, 0.6) is 0 Å². The molecule has 10 heteroatoms. The van der Waals surface area contributed by atoms with Crippen LogP contribution in [0.15, 0.2) is 66.9 Å². The zero-order valence-electron chi connectivity index (χ0n) is 23.9. The van der Waals surface area contributed by atoms with E-state index >= 15 is 0 Å². The zero-order valence-corrected chi connectivity index (χ0v) is 23.9. The Hall–Kier alpha value is -5.26. The lowest BCUT2D eigenvalue weighted by Gasteiger charge is -2.13. The van der Waals surface area contributed by atoms with E-state index in [-0.39, 0.29) is 18.7 Å². The van der Waals surface area contributed by atoms with Crippen LogP contribution in [0.1, 0.15) is 41.0 Å². The monoisotopic (exact) mass is 587 g/mol. The summed E-state index contributed by atoms with van der Waals surface area (Å²) in [5.41, 5.74) is 12.5. The van der Waals surface area contributed by atoms with Crippen LogP contribution in [-0.2, 0) is 9.59 Å². The first-order chi connectivity index (χ1) is 21.0. The Morgan fingerprint density at radius 1 is 0.932 bits per heavy atom. The van der Waals surface area contributed by atoms with Crippen molar-refractivity contribution in [1.29, 1.82) is 0 Å². The van der Waals surface area contributed by atoms with Crippen molar-refractivity contribution < 1.29 is 24.6 Å². The molecule has 1 saturated carbocycles. The Morgan fingerprint density at radius 3 is 2.18 bits per heavy atom. The minimum atomic E-state index is -1.74. The number of benzene rings is 2. The normalized spacial score (nSPS) is 22.9. The lowest BCUT2D eigenvalue weighted by Crippen LogP contribution is -2.39. The fourth-order valence-electron chi connectivity index (χ4n) is 5.54. The predicted octanol–water partition coefficient (Wildman–Crippen LogP) is 1.48. The second kappa shape index (κ2) is 10.8. The standard InChI is InChI=1S/C34H29N5O5/c1-38-17-15-34(44,32(38)42)13-9-22-5-3-7-25(19-22)28-27-20-24(11-16-39(27)31(37-28)30(36)41)23-6-2-4-21(18-23)8-12-33(43)14-10-26(35)29(33)40/h2-7,11,16,18-20,26,43-44H,10,14-15,17,35H2,1H3,(H2,36,41)/t26?,33-,34-/m0/s1. The number of carbonyl (C=O) groups excluding carboxylic acids is 3. The number of ketones is 1. The number of carbonyl (C=O) groups is 3. The highest BCUT2D eigenvalue weighted by atomic mass is 16.3. The maximum Gasteiger partial charge on any atom is 0.285 e. The second-order valence-corrected chi connectivity index (χ2v) is 11.2. The molecule has 0 bridgehead atoms. The molecule has 2 aromatic heterocycles. The Labute approximate surface area is 253 Å². The van der Waals surface area contributed by atoms with Gasteiger partial charge in [-0.2, -0.15) is 0 Å². The first-order valence-corrected chi connectivity index (χ1v) is 14.1. The number of fused-ring (bicyclic) bond motifs is 1. The van der Waals surface area contributed by atoms with Crippen LogP contribution >= 0.6 is 0 Å². The van der Waals surface area contributed by atoms with Gasteiger partial charge in [-0.05, 0) is 60.4 Å². The summed E-state index contributed by atoms with van der Waals surface area (Å²) in [6.45, 7) is 0.426. The third kappa shape index (κ3) is 5.12. The molecule has 1 aliphatic heterocycles. The fourth-order valence-corrected chi connectivity index (χ4v) is 5.54. The van der Waals surface area contributed by atoms with E-state index in [1.807, 2.05) is 36.4 Å². The molecule has 1 unspecified atom stereocenters. The lowest BCUT2D eigenvalue weighted by atomic mass is 9.99. The van der Waals surface area contributed by atoms with Gasteiger partial charge in [0.25, 0.3) is 11.8 Å². The molecule has 0 radical (unpaired) electrons. The quantitative estimate of drug-likeness (QED) is 0.264. The van der Waals surface area contributed by atoms with Crippen LogP contribution in [0.2, 0.25) is 0 Å². The van der Waals surface area contributed by atoms with Crippen molar-refractivity contribution in [3.05, 3.63) is 83.8 Å². The molecule has 3 heterocycles. The number of nitrogens with two attached hydrogens (primary N) is 2. The maximum absolute atomic E-state index is 12.3. The van der Waals surface area contributed by atoms with Gasteiger partial charge >= 0.3 is 0 Å². The van der Waals surface area contributed by atoms with Crippen molar-refractivity contribution in [3.8, 4) is 46.1 Å². The summed E-state index contributed by atoms with van der Waals surface area (Å²) in [5.74, 6) is 9.74. The summed E-state index contributed by atoms with van der Waals surface area (Å²) in [6.07, 6.45) is 2.53. The highest BCUT2D eigenvalue weighted by molar-refractivity contribution is 5.97. The highest BCUT2D eigenvalue weighted by Crippen LogP contribution is 2.31. The van der Waals surface area contributed by atoms with Gasteiger partial charge in [-0.1, -0.05) is 47.9 Å². The molecule has 6 rings (SSSR count). The van der Waals surface area contributed by atoms with E-state index in [0.29, 0.717) is 40.9 Å². The SMILES string of the molecule is CN1CC[C@@](O)(C#Cc2cccc(-c3nc(C(N)=O)n4ccc(-c5cccc(C#C[C@]6(O)CCC(N)C6=O)c5)cc34)c2)C1=O. The number of aliphatic hydroxyl groups is 2. The van der Waals surface area contributed by atoms with Gasteiger partial charge in [0, 0.05) is 42.9 Å². The second-order valence-electron chi connectivity index (χ2n) is 11.2. The Kier molecular flexibility index (Phi) is 7.07. The molecule has 3 atom stereocenters. The summed E-state index contributed by atoms with van der Waals surface area (Å²) >= 11 is 0. The topological polar surface area (TPSA) is 164 Å². The maximum atomic E-state index is 12.3. The van der Waals surface area contributed by atoms with Crippen LogP contribution < -0.4 is 11.5 Å². The number of hydrogen-bond donors (Lipinski definition) is 4. The van der Waals surface area contributed by atoms with Crippen molar-refractivity contribution in [2.75, 3.05) is 13.6 Å². The summed E-state index contributed by atoms with van der Waals surface area (Å²) in [5, 5.41) is 21.3. The van der Waals surface area contributed by atoms with Crippen LogP contribution in [0.4, 0.5) is 0 Å². The summed E-state index contributed by atoms with van der Waals surface area (Å²) in [4.78, 5) is 42.9. The van der Waals surface area contributed by atoms with Gasteiger partial charge in [-0.25, -0.2) is 4.98 Å². The fraction of sp³-hybridized carbons (Fsp3) is 0.235. The first kappa shape index (κ1) is 28.8. The lowest BCUT2D eigenvalue weighted by molar-refractivity contribution is -0.137. The molecule has 2 amide bonds. The van der Waals surface area contributed by atoms with Crippen LogP contribution in [-0.4, -0.2) is 72.9 Å². The van der Waals surface area contributed by atoms with Crippen molar-refractivity contribution in [3.63, 3.8) is 0 Å². The number of hydrogen-bond acceptors (Lipinski definition) is 7. The molecule has 2 aliphatic rings. The number of likely N-dealkylation sites (N-methyl/N-ethyl adjacent to an activating group) is 1. The Balaban J connectivity index is 1.38. The molecule has 1 saturated heterocycles. The van der Waals surface area contributed by atoms with E-state index in [0.717, 1.165) is 11.1 Å². The van der Waals surface area contributed by atoms with Crippen LogP contribution in [0, 0.1) is 23.7 Å².